The van der Waals surface area contributed by atoms with Crippen LogP contribution in [0, 0.1) is 5.82 Å². The normalized spacial score (nSPS) is 12.0. The van der Waals surface area contributed by atoms with Gasteiger partial charge in [-0.05, 0) is 32.0 Å². The van der Waals surface area contributed by atoms with Crippen LogP contribution in [-0.2, 0) is 4.79 Å². The molecule has 5 heteroatoms. The van der Waals surface area contributed by atoms with Crippen LogP contribution in [0.1, 0.15) is 13.8 Å². The average Bonchev–Trinajstić information content (AvgIpc) is 2.23. The predicted octanol–water partition coefficient (Wildman–Crippen LogP) is 2.52. The molecule has 0 fully saturated rings. The Balaban J connectivity index is 2.72. The predicted molar refractivity (Wildman–Crippen MR) is 65.9 cm³/mol. The van der Waals surface area contributed by atoms with Crippen molar-refractivity contribution in [2.24, 2.45) is 0 Å². The number of anilines is 1. The summed E-state index contributed by atoms with van der Waals surface area (Å²) < 4.78 is 14.1. The number of carbonyl (C=O) groups excluding carboxylic acids is 1. The molecule has 0 heterocycles. The number of benzene rings is 1. The van der Waals surface area contributed by atoms with Crippen LogP contribution in [0.15, 0.2) is 22.7 Å². The number of amides is 1. The van der Waals surface area contributed by atoms with Gasteiger partial charge in [0.05, 0.1) is 5.69 Å². The van der Waals surface area contributed by atoms with Gasteiger partial charge in [-0.15, -0.1) is 0 Å². The molecule has 2 N–H and O–H groups in total. The Labute approximate surface area is 103 Å². The van der Waals surface area contributed by atoms with E-state index in [2.05, 4.69) is 26.6 Å². The molecule has 1 unspecified atom stereocenters. The molecule has 0 aromatic heterocycles. The van der Waals surface area contributed by atoms with Gasteiger partial charge in [0.1, 0.15) is 11.9 Å². The minimum Gasteiger partial charge on any atom is -0.371 e. The smallest absolute Gasteiger partial charge is 0.242 e. The molecule has 0 aliphatic rings. The molecule has 1 rings (SSSR count). The maximum atomic E-state index is 13.4. The van der Waals surface area contributed by atoms with Crippen molar-refractivity contribution in [2.75, 3.05) is 11.9 Å². The van der Waals surface area contributed by atoms with Crippen LogP contribution in [-0.4, -0.2) is 18.5 Å². The first-order valence-electron chi connectivity index (χ1n) is 5.04. The van der Waals surface area contributed by atoms with Gasteiger partial charge in [0.25, 0.3) is 0 Å². The standard InChI is InChI=1S/C11H14BrFN2O/c1-3-14-11(16)7(2)15-10-6-8(12)4-5-9(10)13/h4-7,15H,3H2,1-2H3,(H,14,16). The van der Waals surface area contributed by atoms with E-state index in [-0.39, 0.29) is 11.7 Å². The van der Waals surface area contributed by atoms with E-state index < -0.39 is 6.04 Å². The number of carbonyl (C=O) groups is 1. The van der Waals surface area contributed by atoms with Crippen molar-refractivity contribution in [2.45, 2.75) is 19.9 Å². The van der Waals surface area contributed by atoms with Gasteiger partial charge >= 0.3 is 0 Å². The minimum atomic E-state index is -0.469. The van der Waals surface area contributed by atoms with Crippen LogP contribution in [0.25, 0.3) is 0 Å². The van der Waals surface area contributed by atoms with Crippen LogP contribution in [0.2, 0.25) is 0 Å². The molecular weight excluding hydrogens is 275 g/mol. The molecule has 0 radical (unpaired) electrons. The fourth-order valence-electron chi connectivity index (χ4n) is 1.23. The first-order chi connectivity index (χ1) is 7.54. The maximum Gasteiger partial charge on any atom is 0.242 e. The Bertz CT molecular complexity index is 384. The van der Waals surface area contributed by atoms with Crippen LogP contribution in [0.5, 0.6) is 0 Å². The van der Waals surface area contributed by atoms with E-state index >= 15 is 0 Å². The van der Waals surface area contributed by atoms with Gasteiger partial charge in [-0.25, -0.2) is 4.39 Å². The zero-order chi connectivity index (χ0) is 12.1. The SMILES string of the molecule is CCNC(=O)C(C)Nc1cc(Br)ccc1F. The molecule has 16 heavy (non-hydrogen) atoms. The molecule has 1 amide bonds. The van der Waals surface area contributed by atoms with E-state index in [1.807, 2.05) is 6.92 Å². The van der Waals surface area contributed by atoms with Crippen molar-refractivity contribution < 1.29 is 9.18 Å². The van der Waals surface area contributed by atoms with E-state index in [4.69, 9.17) is 0 Å². The first-order valence-corrected chi connectivity index (χ1v) is 5.83. The van der Waals surface area contributed by atoms with Gasteiger partial charge in [-0.2, -0.15) is 0 Å². The summed E-state index contributed by atoms with van der Waals surface area (Å²) in [7, 11) is 0. The largest absolute Gasteiger partial charge is 0.371 e. The van der Waals surface area contributed by atoms with Crippen LogP contribution in [0.4, 0.5) is 10.1 Å². The Hall–Kier alpha value is -1.10. The molecular formula is C11H14BrFN2O. The fourth-order valence-corrected chi connectivity index (χ4v) is 1.60. The third kappa shape index (κ3) is 3.48. The molecule has 0 bridgehead atoms. The number of hydrogen-bond acceptors (Lipinski definition) is 2. The lowest BCUT2D eigenvalue weighted by atomic mass is 10.2. The number of nitrogens with one attached hydrogen (secondary N) is 2. The van der Waals surface area contributed by atoms with Gasteiger partial charge in [-0.3, -0.25) is 4.79 Å². The second-order valence-electron chi connectivity index (χ2n) is 3.38. The molecule has 1 aromatic carbocycles. The highest BCUT2D eigenvalue weighted by molar-refractivity contribution is 9.10. The van der Waals surface area contributed by atoms with E-state index in [0.29, 0.717) is 12.2 Å². The summed E-state index contributed by atoms with van der Waals surface area (Å²) >= 11 is 3.25. The molecule has 0 saturated carbocycles. The molecule has 1 aromatic rings. The second-order valence-corrected chi connectivity index (χ2v) is 4.30. The highest BCUT2D eigenvalue weighted by Gasteiger charge is 2.13. The summed E-state index contributed by atoms with van der Waals surface area (Å²) in [5, 5.41) is 5.48. The van der Waals surface area contributed by atoms with E-state index in [1.54, 1.807) is 19.1 Å². The summed E-state index contributed by atoms with van der Waals surface area (Å²) in [4.78, 5) is 11.4. The summed E-state index contributed by atoms with van der Waals surface area (Å²) in [6.45, 7) is 4.08. The van der Waals surface area contributed by atoms with Crippen LogP contribution >= 0.6 is 15.9 Å². The van der Waals surface area contributed by atoms with E-state index in [1.165, 1.54) is 6.07 Å². The van der Waals surface area contributed by atoms with Crippen molar-refractivity contribution in [3.63, 3.8) is 0 Å². The van der Waals surface area contributed by atoms with Gasteiger partial charge in [0.2, 0.25) is 5.91 Å². The summed E-state index contributed by atoms with van der Waals surface area (Å²) in [5.74, 6) is -0.527. The highest BCUT2D eigenvalue weighted by atomic mass is 79.9. The molecule has 0 spiro atoms. The quantitative estimate of drug-likeness (QED) is 0.894. The van der Waals surface area contributed by atoms with Gasteiger partial charge < -0.3 is 10.6 Å². The number of likely N-dealkylation sites (N-methyl/N-ethyl adjacent to an activating group) is 1. The fraction of sp³-hybridized carbons (Fsp3) is 0.364. The summed E-state index contributed by atoms with van der Waals surface area (Å²) in [6, 6.07) is 4.09. The first kappa shape index (κ1) is 13.0. The van der Waals surface area contributed by atoms with E-state index in [0.717, 1.165) is 4.47 Å². The van der Waals surface area contributed by atoms with Crippen molar-refractivity contribution in [3.05, 3.63) is 28.5 Å². The number of hydrogen-bond donors (Lipinski definition) is 2. The van der Waals surface area contributed by atoms with Gasteiger partial charge in [0, 0.05) is 11.0 Å². The van der Waals surface area contributed by atoms with Gasteiger partial charge in [0.15, 0.2) is 0 Å². The summed E-state index contributed by atoms with van der Waals surface area (Å²) in [6.07, 6.45) is 0. The molecule has 88 valence electrons. The third-order valence-electron chi connectivity index (χ3n) is 2.04. The zero-order valence-corrected chi connectivity index (χ0v) is 10.8. The van der Waals surface area contributed by atoms with Crippen molar-refractivity contribution in [1.82, 2.24) is 5.32 Å². The molecule has 0 saturated heterocycles. The Morgan fingerprint density at radius 3 is 2.88 bits per heavy atom. The number of halogens is 2. The Kier molecular flexibility index (Phi) is 4.73. The van der Waals surface area contributed by atoms with Crippen LogP contribution in [0.3, 0.4) is 0 Å². The molecule has 1 atom stereocenters. The number of rotatable bonds is 4. The monoisotopic (exact) mass is 288 g/mol. The van der Waals surface area contributed by atoms with Crippen molar-refractivity contribution in [3.8, 4) is 0 Å². The summed E-state index contributed by atoms with van der Waals surface area (Å²) in [5.41, 5.74) is 0.313. The Morgan fingerprint density at radius 2 is 2.25 bits per heavy atom. The lowest BCUT2D eigenvalue weighted by Gasteiger charge is -2.15. The topological polar surface area (TPSA) is 41.1 Å². The van der Waals surface area contributed by atoms with Crippen LogP contribution < -0.4 is 10.6 Å². The molecule has 0 aliphatic heterocycles. The third-order valence-corrected chi connectivity index (χ3v) is 2.54. The second kappa shape index (κ2) is 5.84. The van der Waals surface area contributed by atoms with Gasteiger partial charge in [-0.1, -0.05) is 15.9 Å². The average molecular weight is 289 g/mol. The highest BCUT2D eigenvalue weighted by Crippen LogP contribution is 2.20. The lowest BCUT2D eigenvalue weighted by molar-refractivity contribution is -0.121. The zero-order valence-electron chi connectivity index (χ0n) is 9.18. The lowest BCUT2D eigenvalue weighted by Crippen LogP contribution is -2.37. The van der Waals surface area contributed by atoms with E-state index in [9.17, 15) is 9.18 Å². The maximum absolute atomic E-state index is 13.4. The molecule has 0 aliphatic carbocycles. The van der Waals surface area contributed by atoms with Crippen molar-refractivity contribution in [1.29, 1.82) is 0 Å². The Morgan fingerprint density at radius 1 is 1.56 bits per heavy atom. The minimum absolute atomic E-state index is 0.151. The van der Waals surface area contributed by atoms with Crippen molar-refractivity contribution >= 4 is 27.5 Å². The molecule has 3 nitrogen and oxygen atoms in total.